The first-order valence-corrected chi connectivity index (χ1v) is 8.79. The number of rotatable bonds is 5. The Morgan fingerprint density at radius 1 is 1.20 bits per heavy atom. The number of benzene rings is 1. The number of halogens is 1. The van der Waals surface area contributed by atoms with E-state index in [-0.39, 0.29) is 5.82 Å². The van der Waals surface area contributed by atoms with Gasteiger partial charge in [0.15, 0.2) is 0 Å². The summed E-state index contributed by atoms with van der Waals surface area (Å²) in [4.78, 5) is 13.4. The Morgan fingerprint density at radius 2 is 2.04 bits per heavy atom. The Bertz CT molecular complexity index is 934. The van der Waals surface area contributed by atoms with E-state index >= 15 is 0 Å². The lowest BCUT2D eigenvalue weighted by molar-refractivity contribution is 0.610. The van der Waals surface area contributed by atoms with E-state index in [1.54, 1.807) is 12.3 Å². The molecule has 1 aliphatic rings. The minimum Gasteiger partial charge on any atom is -0.365 e. The van der Waals surface area contributed by atoms with Gasteiger partial charge in [0.25, 0.3) is 0 Å². The van der Waals surface area contributed by atoms with Crippen LogP contribution in [-0.4, -0.2) is 15.0 Å². The van der Waals surface area contributed by atoms with Gasteiger partial charge >= 0.3 is 0 Å². The Morgan fingerprint density at radius 3 is 2.80 bits per heavy atom. The van der Waals surface area contributed by atoms with Crippen molar-refractivity contribution in [3.63, 3.8) is 0 Å². The summed E-state index contributed by atoms with van der Waals surface area (Å²) in [6.07, 6.45) is 4.86. The summed E-state index contributed by atoms with van der Waals surface area (Å²) in [6.45, 7) is 4.56. The van der Waals surface area contributed by atoms with Crippen LogP contribution >= 0.6 is 0 Å². The van der Waals surface area contributed by atoms with Crippen LogP contribution in [0.25, 0.3) is 10.9 Å². The molecule has 2 heterocycles. The number of hydrogen-bond donors (Lipinski definition) is 1. The fraction of sp³-hybridized carbons (Fsp3) is 0.350. The summed E-state index contributed by atoms with van der Waals surface area (Å²) < 4.78 is 13.9. The standard InChI is InChI=1S/C20H21FN4/c1-3-15-9-17-19(11-22-15)24-12(2)25-20(17)23-10-13-4-7-18(21)16(8-13)14-5-6-14/h4,7-9,11,14H,3,5-6,10H2,1-2H3,(H,23,24,25). The van der Waals surface area contributed by atoms with Crippen LogP contribution in [0.1, 0.15) is 48.3 Å². The molecule has 5 heteroatoms. The molecule has 0 bridgehead atoms. The van der Waals surface area contributed by atoms with E-state index in [2.05, 4.69) is 27.2 Å². The molecule has 4 nitrogen and oxygen atoms in total. The maximum atomic E-state index is 13.9. The molecule has 0 radical (unpaired) electrons. The molecule has 1 saturated carbocycles. The second-order valence-electron chi connectivity index (χ2n) is 6.65. The fourth-order valence-electron chi connectivity index (χ4n) is 3.12. The minimum absolute atomic E-state index is 0.0896. The molecule has 25 heavy (non-hydrogen) atoms. The van der Waals surface area contributed by atoms with E-state index in [0.29, 0.717) is 18.3 Å². The first-order valence-electron chi connectivity index (χ1n) is 8.79. The van der Waals surface area contributed by atoms with Crippen molar-refractivity contribution in [3.05, 3.63) is 58.9 Å². The summed E-state index contributed by atoms with van der Waals surface area (Å²) in [5, 5.41) is 4.37. The van der Waals surface area contributed by atoms with Crippen molar-refractivity contribution in [2.75, 3.05) is 5.32 Å². The van der Waals surface area contributed by atoms with E-state index < -0.39 is 0 Å². The highest BCUT2D eigenvalue weighted by atomic mass is 19.1. The van der Waals surface area contributed by atoms with E-state index in [4.69, 9.17) is 0 Å². The molecule has 1 aliphatic carbocycles. The SMILES string of the molecule is CCc1cc2c(NCc3ccc(F)c(C4CC4)c3)nc(C)nc2cn1. The summed E-state index contributed by atoms with van der Waals surface area (Å²) >= 11 is 0. The van der Waals surface area contributed by atoms with Crippen molar-refractivity contribution in [1.82, 2.24) is 15.0 Å². The van der Waals surface area contributed by atoms with Crippen LogP contribution in [0.4, 0.5) is 10.2 Å². The highest BCUT2D eigenvalue weighted by Gasteiger charge is 2.26. The zero-order valence-corrected chi connectivity index (χ0v) is 14.5. The Kier molecular flexibility index (Phi) is 4.07. The normalized spacial score (nSPS) is 14.0. The van der Waals surface area contributed by atoms with Gasteiger partial charge in [-0.05, 0) is 55.4 Å². The molecule has 0 unspecified atom stereocenters. The maximum Gasteiger partial charge on any atom is 0.138 e. The van der Waals surface area contributed by atoms with Gasteiger partial charge in [0.2, 0.25) is 0 Å². The number of anilines is 1. The summed E-state index contributed by atoms with van der Waals surface area (Å²) in [7, 11) is 0. The molecule has 3 aromatic rings. The monoisotopic (exact) mass is 336 g/mol. The van der Waals surface area contributed by atoms with Crippen molar-refractivity contribution < 1.29 is 4.39 Å². The first kappa shape index (κ1) is 15.9. The van der Waals surface area contributed by atoms with Gasteiger partial charge in [-0.15, -0.1) is 0 Å². The van der Waals surface area contributed by atoms with Crippen molar-refractivity contribution in [3.8, 4) is 0 Å². The van der Waals surface area contributed by atoms with Gasteiger partial charge in [0.1, 0.15) is 17.5 Å². The van der Waals surface area contributed by atoms with Crippen LogP contribution in [0.2, 0.25) is 0 Å². The Labute approximate surface area is 146 Å². The predicted molar refractivity (Wildman–Crippen MR) is 97.1 cm³/mol. The number of nitrogens with one attached hydrogen (secondary N) is 1. The average molecular weight is 336 g/mol. The summed E-state index contributed by atoms with van der Waals surface area (Å²) in [6, 6.07) is 7.43. The molecule has 0 atom stereocenters. The van der Waals surface area contributed by atoms with Crippen LogP contribution in [-0.2, 0) is 13.0 Å². The quantitative estimate of drug-likeness (QED) is 0.744. The lowest BCUT2D eigenvalue weighted by Gasteiger charge is -2.11. The number of hydrogen-bond acceptors (Lipinski definition) is 4. The van der Waals surface area contributed by atoms with E-state index in [0.717, 1.165) is 52.8 Å². The summed E-state index contributed by atoms with van der Waals surface area (Å²) in [5.74, 6) is 1.82. The van der Waals surface area contributed by atoms with Gasteiger partial charge < -0.3 is 5.32 Å². The van der Waals surface area contributed by atoms with Gasteiger partial charge in [-0.2, -0.15) is 0 Å². The van der Waals surface area contributed by atoms with E-state index in [9.17, 15) is 4.39 Å². The molecule has 0 spiro atoms. The zero-order valence-electron chi connectivity index (χ0n) is 14.5. The highest BCUT2D eigenvalue weighted by molar-refractivity contribution is 5.88. The fourth-order valence-corrected chi connectivity index (χ4v) is 3.12. The molecule has 0 aliphatic heterocycles. The molecular weight excluding hydrogens is 315 g/mol. The molecule has 1 aromatic carbocycles. The molecule has 128 valence electrons. The predicted octanol–water partition coefficient (Wildman–Crippen LogP) is 4.52. The molecule has 0 amide bonds. The van der Waals surface area contributed by atoms with Crippen molar-refractivity contribution >= 4 is 16.7 Å². The number of aromatic nitrogens is 3. The Balaban J connectivity index is 1.63. The molecule has 2 aromatic heterocycles. The van der Waals surface area contributed by atoms with Crippen molar-refractivity contribution in [2.24, 2.45) is 0 Å². The van der Waals surface area contributed by atoms with Gasteiger partial charge in [0, 0.05) is 17.6 Å². The molecule has 1 fully saturated rings. The third kappa shape index (κ3) is 3.31. The molecule has 1 N–H and O–H groups in total. The van der Waals surface area contributed by atoms with E-state index in [1.165, 1.54) is 0 Å². The number of fused-ring (bicyclic) bond motifs is 1. The van der Waals surface area contributed by atoms with Gasteiger partial charge in [0.05, 0.1) is 11.7 Å². The molecule has 0 saturated heterocycles. The van der Waals surface area contributed by atoms with Crippen LogP contribution in [0.3, 0.4) is 0 Å². The Hall–Kier alpha value is -2.56. The maximum absolute atomic E-state index is 13.9. The van der Waals surface area contributed by atoms with Crippen LogP contribution in [0.15, 0.2) is 30.5 Å². The second kappa shape index (κ2) is 6.39. The number of pyridine rings is 1. The van der Waals surface area contributed by atoms with Crippen LogP contribution < -0.4 is 5.32 Å². The summed E-state index contributed by atoms with van der Waals surface area (Å²) in [5.41, 5.74) is 3.77. The molecular formula is C20H21FN4. The lowest BCUT2D eigenvalue weighted by atomic mass is 10.1. The largest absolute Gasteiger partial charge is 0.365 e. The smallest absolute Gasteiger partial charge is 0.138 e. The van der Waals surface area contributed by atoms with Crippen LogP contribution in [0.5, 0.6) is 0 Å². The zero-order chi connectivity index (χ0) is 17.4. The second-order valence-corrected chi connectivity index (χ2v) is 6.65. The first-order chi connectivity index (χ1) is 12.1. The average Bonchev–Trinajstić information content (AvgIpc) is 3.45. The topological polar surface area (TPSA) is 50.7 Å². The highest BCUT2D eigenvalue weighted by Crippen LogP contribution is 2.41. The van der Waals surface area contributed by atoms with Crippen LogP contribution in [0, 0.1) is 12.7 Å². The third-order valence-electron chi connectivity index (χ3n) is 4.65. The van der Waals surface area contributed by atoms with Gasteiger partial charge in [-0.3, -0.25) is 4.98 Å². The number of nitrogens with zero attached hydrogens (tertiary/aromatic N) is 3. The minimum atomic E-state index is -0.0896. The van der Waals surface area contributed by atoms with Crippen molar-refractivity contribution in [2.45, 2.75) is 45.6 Å². The lowest BCUT2D eigenvalue weighted by Crippen LogP contribution is -2.05. The number of aryl methyl sites for hydroxylation is 2. The van der Waals surface area contributed by atoms with Gasteiger partial charge in [-0.1, -0.05) is 19.1 Å². The van der Waals surface area contributed by atoms with Crippen molar-refractivity contribution in [1.29, 1.82) is 0 Å². The third-order valence-corrected chi connectivity index (χ3v) is 4.65. The van der Waals surface area contributed by atoms with Gasteiger partial charge in [-0.25, -0.2) is 14.4 Å². The van der Waals surface area contributed by atoms with E-state index in [1.807, 2.05) is 25.1 Å². The molecule has 4 rings (SSSR count).